The van der Waals surface area contributed by atoms with Gasteiger partial charge in [-0.25, -0.2) is 0 Å². The topological polar surface area (TPSA) is 44.5 Å². The Hall–Kier alpha value is -1.06. The van der Waals surface area contributed by atoms with Crippen LogP contribution in [0.3, 0.4) is 0 Å². The minimum atomic E-state index is -0.0447. The molecule has 0 aromatic heterocycles. The summed E-state index contributed by atoms with van der Waals surface area (Å²) in [6.45, 7) is 1.31. The van der Waals surface area contributed by atoms with Gasteiger partial charge in [-0.1, -0.05) is 18.2 Å². The Morgan fingerprint density at radius 3 is 2.75 bits per heavy atom. The zero-order valence-corrected chi connectivity index (χ0v) is 9.69. The van der Waals surface area contributed by atoms with E-state index in [4.69, 9.17) is 15.2 Å². The van der Waals surface area contributed by atoms with E-state index in [1.165, 1.54) is 12.8 Å². The van der Waals surface area contributed by atoms with Crippen LogP contribution in [0.5, 0.6) is 5.75 Å². The maximum absolute atomic E-state index is 5.84. The Labute approximate surface area is 96.5 Å². The molecule has 1 aliphatic carbocycles. The van der Waals surface area contributed by atoms with Crippen molar-refractivity contribution in [1.82, 2.24) is 0 Å². The molecule has 1 aromatic carbocycles. The van der Waals surface area contributed by atoms with Crippen LogP contribution in [0.4, 0.5) is 0 Å². The molecule has 3 nitrogen and oxygen atoms in total. The highest BCUT2D eigenvalue weighted by molar-refractivity contribution is 5.35. The first-order chi connectivity index (χ1) is 7.85. The summed E-state index contributed by atoms with van der Waals surface area (Å²) in [5, 5.41) is 0. The Bertz CT molecular complexity index is 336. The Balaban J connectivity index is 2.04. The van der Waals surface area contributed by atoms with Crippen LogP contribution in [0.2, 0.25) is 0 Å². The van der Waals surface area contributed by atoms with Gasteiger partial charge in [-0.3, -0.25) is 0 Å². The van der Waals surface area contributed by atoms with Crippen LogP contribution in [0, 0.1) is 5.92 Å². The van der Waals surface area contributed by atoms with Crippen LogP contribution in [0.25, 0.3) is 0 Å². The minimum Gasteiger partial charge on any atom is -0.496 e. The van der Waals surface area contributed by atoms with Crippen molar-refractivity contribution in [3.63, 3.8) is 0 Å². The summed E-state index contributed by atoms with van der Waals surface area (Å²) in [6.07, 6.45) is 2.55. The van der Waals surface area contributed by atoms with Gasteiger partial charge in [0, 0.05) is 12.1 Å². The van der Waals surface area contributed by atoms with Gasteiger partial charge in [0.1, 0.15) is 5.75 Å². The molecule has 0 heterocycles. The maximum atomic E-state index is 5.84. The highest BCUT2D eigenvalue weighted by Gasteiger charge is 2.24. The summed E-state index contributed by atoms with van der Waals surface area (Å²) in [5.41, 5.74) is 6.80. The van der Waals surface area contributed by atoms with E-state index in [0.717, 1.165) is 23.8 Å². The standard InChI is InChI=1S/C13H19NO2/c1-15-12-5-3-2-4-11(12)13(8-14)16-9-10-6-7-10/h2-5,10,13H,6-9,14H2,1H3. The molecule has 1 unspecified atom stereocenters. The normalized spacial score (nSPS) is 17.1. The van der Waals surface area contributed by atoms with Gasteiger partial charge in [-0.2, -0.15) is 0 Å². The highest BCUT2D eigenvalue weighted by atomic mass is 16.5. The lowest BCUT2D eigenvalue weighted by Crippen LogP contribution is -2.17. The monoisotopic (exact) mass is 221 g/mol. The summed E-state index contributed by atoms with van der Waals surface area (Å²) >= 11 is 0. The molecule has 3 heteroatoms. The van der Waals surface area contributed by atoms with E-state index in [1.54, 1.807) is 7.11 Å². The molecule has 0 spiro atoms. The molecule has 0 aliphatic heterocycles. The third-order valence-electron chi connectivity index (χ3n) is 2.93. The smallest absolute Gasteiger partial charge is 0.124 e. The van der Waals surface area contributed by atoms with Crippen molar-refractivity contribution in [3.8, 4) is 5.75 Å². The first-order valence-electron chi connectivity index (χ1n) is 5.79. The van der Waals surface area contributed by atoms with Crippen molar-refractivity contribution in [3.05, 3.63) is 29.8 Å². The van der Waals surface area contributed by atoms with Gasteiger partial charge in [0.25, 0.3) is 0 Å². The summed E-state index contributed by atoms with van der Waals surface area (Å²) in [7, 11) is 1.67. The molecule has 2 N–H and O–H groups in total. The van der Waals surface area contributed by atoms with Crippen molar-refractivity contribution in [2.75, 3.05) is 20.3 Å². The fourth-order valence-corrected chi connectivity index (χ4v) is 1.75. The van der Waals surface area contributed by atoms with Crippen LogP contribution in [0.15, 0.2) is 24.3 Å². The molecule has 1 aliphatic rings. The summed E-state index contributed by atoms with van der Waals surface area (Å²) in [5.74, 6) is 1.61. The average Bonchev–Trinajstić information content (AvgIpc) is 3.14. The number of nitrogens with two attached hydrogens (primary N) is 1. The largest absolute Gasteiger partial charge is 0.496 e. The number of ether oxygens (including phenoxy) is 2. The van der Waals surface area contributed by atoms with Crippen molar-refractivity contribution >= 4 is 0 Å². The van der Waals surface area contributed by atoms with E-state index in [2.05, 4.69) is 0 Å². The highest BCUT2D eigenvalue weighted by Crippen LogP contribution is 2.32. The van der Waals surface area contributed by atoms with Crippen LogP contribution >= 0.6 is 0 Å². The van der Waals surface area contributed by atoms with E-state index in [-0.39, 0.29) is 6.10 Å². The van der Waals surface area contributed by atoms with Crippen molar-refractivity contribution in [2.45, 2.75) is 18.9 Å². The molecule has 1 fully saturated rings. The van der Waals surface area contributed by atoms with Gasteiger partial charge in [0.05, 0.1) is 19.8 Å². The Morgan fingerprint density at radius 2 is 2.12 bits per heavy atom. The lowest BCUT2D eigenvalue weighted by Gasteiger charge is -2.18. The summed E-state index contributed by atoms with van der Waals surface area (Å²) < 4.78 is 11.2. The van der Waals surface area contributed by atoms with Gasteiger partial charge < -0.3 is 15.2 Å². The SMILES string of the molecule is COc1ccccc1C(CN)OCC1CC1. The van der Waals surface area contributed by atoms with Crippen LogP contribution in [-0.4, -0.2) is 20.3 Å². The molecule has 0 radical (unpaired) electrons. The molecule has 0 amide bonds. The van der Waals surface area contributed by atoms with Crippen molar-refractivity contribution < 1.29 is 9.47 Å². The number of para-hydroxylation sites is 1. The van der Waals surface area contributed by atoms with Gasteiger partial charge in [-0.15, -0.1) is 0 Å². The molecule has 0 bridgehead atoms. The molecule has 1 aromatic rings. The fraction of sp³-hybridized carbons (Fsp3) is 0.538. The predicted octanol–water partition coefficient (Wildman–Crippen LogP) is 2.12. The fourth-order valence-electron chi connectivity index (χ4n) is 1.75. The first kappa shape index (κ1) is 11.4. The Morgan fingerprint density at radius 1 is 1.38 bits per heavy atom. The molecule has 2 rings (SSSR count). The number of rotatable bonds is 6. The van der Waals surface area contributed by atoms with E-state index >= 15 is 0 Å². The van der Waals surface area contributed by atoms with Crippen molar-refractivity contribution in [2.24, 2.45) is 11.7 Å². The zero-order valence-electron chi connectivity index (χ0n) is 9.69. The quantitative estimate of drug-likeness (QED) is 0.800. The van der Waals surface area contributed by atoms with E-state index < -0.39 is 0 Å². The molecular formula is C13H19NO2. The molecule has 1 atom stereocenters. The van der Waals surface area contributed by atoms with Crippen molar-refractivity contribution in [1.29, 1.82) is 0 Å². The molecule has 0 saturated heterocycles. The second kappa shape index (κ2) is 5.32. The number of hydrogen-bond acceptors (Lipinski definition) is 3. The van der Waals surface area contributed by atoms with Crippen LogP contribution in [-0.2, 0) is 4.74 Å². The molecule has 1 saturated carbocycles. The minimum absolute atomic E-state index is 0.0447. The maximum Gasteiger partial charge on any atom is 0.124 e. The summed E-state index contributed by atoms with van der Waals surface area (Å²) in [4.78, 5) is 0. The number of benzene rings is 1. The van der Waals surface area contributed by atoms with Crippen LogP contribution in [0.1, 0.15) is 24.5 Å². The number of methoxy groups -OCH3 is 1. The molecule has 88 valence electrons. The molecular weight excluding hydrogens is 202 g/mol. The zero-order chi connectivity index (χ0) is 11.4. The number of hydrogen-bond donors (Lipinski definition) is 1. The first-order valence-corrected chi connectivity index (χ1v) is 5.79. The third kappa shape index (κ3) is 2.74. The lowest BCUT2D eigenvalue weighted by molar-refractivity contribution is 0.0495. The van der Waals surface area contributed by atoms with E-state index in [0.29, 0.717) is 6.54 Å². The van der Waals surface area contributed by atoms with E-state index in [9.17, 15) is 0 Å². The Kier molecular flexibility index (Phi) is 3.80. The summed E-state index contributed by atoms with van der Waals surface area (Å²) in [6, 6.07) is 7.90. The van der Waals surface area contributed by atoms with Gasteiger partial charge in [0.15, 0.2) is 0 Å². The van der Waals surface area contributed by atoms with Gasteiger partial charge >= 0.3 is 0 Å². The third-order valence-corrected chi connectivity index (χ3v) is 2.93. The second-order valence-electron chi connectivity index (χ2n) is 4.24. The van der Waals surface area contributed by atoms with Crippen LogP contribution < -0.4 is 10.5 Å². The van der Waals surface area contributed by atoms with Gasteiger partial charge in [-0.05, 0) is 24.8 Å². The average molecular weight is 221 g/mol. The predicted molar refractivity (Wildman–Crippen MR) is 63.5 cm³/mol. The van der Waals surface area contributed by atoms with Gasteiger partial charge in [0.2, 0.25) is 0 Å². The van der Waals surface area contributed by atoms with E-state index in [1.807, 2.05) is 24.3 Å². The lowest BCUT2D eigenvalue weighted by atomic mass is 10.1. The molecule has 16 heavy (non-hydrogen) atoms. The second-order valence-corrected chi connectivity index (χ2v) is 4.24.